The Morgan fingerprint density at radius 2 is 2.00 bits per heavy atom. The minimum Gasteiger partial charge on any atom is -0.461 e. The highest BCUT2D eigenvalue weighted by Crippen LogP contribution is 2.10. The Morgan fingerprint density at radius 1 is 1.42 bits per heavy atom. The molecule has 0 aliphatic rings. The molecular weight excluding hydrogens is 220 g/mol. The number of carbonyl (C=O) groups excluding carboxylic acids is 1. The highest BCUT2D eigenvalue weighted by atomic mass is 79.9. The van der Waals surface area contributed by atoms with Gasteiger partial charge in [-0.25, -0.2) is 0 Å². The van der Waals surface area contributed by atoms with Gasteiger partial charge < -0.3 is 4.74 Å². The van der Waals surface area contributed by atoms with Crippen LogP contribution in [0.2, 0.25) is 0 Å². The molecule has 64 valence electrons. The Bertz CT molecular complexity index is 266. The number of halogens is 1. The zero-order valence-corrected chi connectivity index (χ0v) is 8.30. The minimum atomic E-state index is -0.252. The predicted octanol–water partition coefficient (Wildman–Crippen LogP) is 2.51. The molecule has 0 saturated heterocycles. The van der Waals surface area contributed by atoms with Gasteiger partial charge in [-0.15, -0.1) is 0 Å². The van der Waals surface area contributed by atoms with Gasteiger partial charge in [-0.3, -0.25) is 4.79 Å². The van der Waals surface area contributed by atoms with Crippen LogP contribution in [-0.2, 0) is 16.1 Å². The summed E-state index contributed by atoms with van der Waals surface area (Å²) < 4.78 is 5.84. The zero-order valence-electron chi connectivity index (χ0n) is 6.71. The highest BCUT2D eigenvalue weighted by molar-refractivity contribution is 9.10. The molecule has 0 bridgehead atoms. The molecule has 0 fully saturated rings. The zero-order chi connectivity index (χ0) is 8.97. The summed E-state index contributed by atoms with van der Waals surface area (Å²) in [7, 11) is 0. The molecule has 1 aromatic rings. The summed E-state index contributed by atoms with van der Waals surface area (Å²) in [6.45, 7) is 1.75. The number of esters is 1. The van der Waals surface area contributed by atoms with Gasteiger partial charge in [-0.1, -0.05) is 28.1 Å². The Hall–Kier alpha value is -0.830. The normalized spacial score (nSPS) is 9.50. The van der Waals surface area contributed by atoms with Gasteiger partial charge in [-0.05, 0) is 17.7 Å². The SMILES string of the molecule is CC(=O)OCc1ccc(Br)cc1. The maximum atomic E-state index is 10.5. The highest BCUT2D eigenvalue weighted by Gasteiger charge is 1.95. The number of carbonyl (C=O) groups is 1. The molecule has 0 unspecified atom stereocenters. The van der Waals surface area contributed by atoms with Crippen LogP contribution in [0.25, 0.3) is 0 Å². The fraction of sp³-hybridized carbons (Fsp3) is 0.222. The number of hydrogen-bond donors (Lipinski definition) is 0. The first-order valence-electron chi connectivity index (χ1n) is 3.56. The lowest BCUT2D eigenvalue weighted by Gasteiger charge is -2.01. The molecule has 0 saturated carbocycles. The first kappa shape index (κ1) is 9.26. The van der Waals surface area contributed by atoms with Crippen molar-refractivity contribution in [3.63, 3.8) is 0 Å². The van der Waals surface area contributed by atoms with Gasteiger partial charge in [-0.2, -0.15) is 0 Å². The van der Waals surface area contributed by atoms with Crippen molar-refractivity contribution in [2.75, 3.05) is 0 Å². The van der Waals surface area contributed by atoms with Gasteiger partial charge in [0.2, 0.25) is 0 Å². The Labute approximate surface area is 79.7 Å². The monoisotopic (exact) mass is 228 g/mol. The van der Waals surface area contributed by atoms with Gasteiger partial charge >= 0.3 is 5.97 Å². The molecular formula is C9H9BrO2. The molecule has 1 aromatic carbocycles. The Kier molecular flexibility index (Phi) is 3.29. The minimum absolute atomic E-state index is 0.252. The van der Waals surface area contributed by atoms with Crippen molar-refractivity contribution in [3.05, 3.63) is 34.3 Å². The third-order valence-electron chi connectivity index (χ3n) is 1.36. The Balaban J connectivity index is 2.53. The van der Waals surface area contributed by atoms with Crippen molar-refractivity contribution in [3.8, 4) is 0 Å². The van der Waals surface area contributed by atoms with E-state index in [1.54, 1.807) is 0 Å². The van der Waals surface area contributed by atoms with E-state index in [1.807, 2.05) is 24.3 Å². The van der Waals surface area contributed by atoms with Gasteiger partial charge in [0.25, 0.3) is 0 Å². The summed E-state index contributed by atoms with van der Waals surface area (Å²) in [6, 6.07) is 7.65. The quantitative estimate of drug-likeness (QED) is 0.728. The van der Waals surface area contributed by atoms with E-state index in [9.17, 15) is 4.79 Å². The van der Waals surface area contributed by atoms with Gasteiger partial charge in [0.15, 0.2) is 0 Å². The molecule has 2 nitrogen and oxygen atoms in total. The van der Waals surface area contributed by atoms with E-state index >= 15 is 0 Å². The van der Waals surface area contributed by atoms with Crippen molar-refractivity contribution in [1.29, 1.82) is 0 Å². The van der Waals surface area contributed by atoms with Crippen LogP contribution in [0.15, 0.2) is 28.7 Å². The number of benzene rings is 1. The summed E-state index contributed by atoms with van der Waals surface area (Å²) in [6.07, 6.45) is 0. The maximum Gasteiger partial charge on any atom is 0.302 e. The van der Waals surface area contributed by atoms with Crippen LogP contribution < -0.4 is 0 Å². The molecule has 0 aromatic heterocycles. The fourth-order valence-electron chi connectivity index (χ4n) is 0.766. The van der Waals surface area contributed by atoms with Crippen LogP contribution in [0.4, 0.5) is 0 Å². The van der Waals surface area contributed by atoms with E-state index < -0.39 is 0 Å². The molecule has 12 heavy (non-hydrogen) atoms. The number of hydrogen-bond acceptors (Lipinski definition) is 2. The molecule has 0 aliphatic heterocycles. The molecule has 0 radical (unpaired) electrons. The van der Waals surface area contributed by atoms with E-state index in [4.69, 9.17) is 4.74 Å². The third kappa shape index (κ3) is 3.05. The van der Waals surface area contributed by atoms with Gasteiger partial charge in [0.05, 0.1) is 0 Å². The van der Waals surface area contributed by atoms with Crippen molar-refractivity contribution in [2.45, 2.75) is 13.5 Å². The lowest BCUT2D eigenvalue weighted by atomic mass is 10.2. The molecule has 0 spiro atoms. The third-order valence-corrected chi connectivity index (χ3v) is 1.88. The number of rotatable bonds is 2. The fourth-order valence-corrected chi connectivity index (χ4v) is 1.03. The van der Waals surface area contributed by atoms with Crippen LogP contribution in [0.3, 0.4) is 0 Å². The molecule has 1 rings (SSSR count). The summed E-state index contributed by atoms with van der Waals surface area (Å²) in [5, 5.41) is 0. The van der Waals surface area contributed by atoms with Crippen LogP contribution in [0, 0.1) is 0 Å². The molecule has 3 heteroatoms. The summed E-state index contributed by atoms with van der Waals surface area (Å²) in [4.78, 5) is 10.5. The van der Waals surface area contributed by atoms with Crippen LogP contribution in [0.5, 0.6) is 0 Å². The molecule has 0 N–H and O–H groups in total. The topological polar surface area (TPSA) is 26.3 Å². The maximum absolute atomic E-state index is 10.5. The average molecular weight is 229 g/mol. The Morgan fingerprint density at radius 3 is 2.50 bits per heavy atom. The van der Waals surface area contributed by atoms with Crippen molar-refractivity contribution >= 4 is 21.9 Å². The standard InChI is InChI=1S/C9H9BrO2/c1-7(11)12-6-8-2-4-9(10)5-3-8/h2-5H,6H2,1H3. The lowest BCUT2D eigenvalue weighted by molar-refractivity contribution is -0.142. The van der Waals surface area contributed by atoms with E-state index in [-0.39, 0.29) is 5.97 Å². The van der Waals surface area contributed by atoms with Crippen LogP contribution >= 0.6 is 15.9 Å². The van der Waals surface area contributed by atoms with E-state index in [1.165, 1.54) is 6.92 Å². The van der Waals surface area contributed by atoms with E-state index in [2.05, 4.69) is 15.9 Å². The second kappa shape index (κ2) is 4.26. The summed E-state index contributed by atoms with van der Waals surface area (Å²) in [5.74, 6) is -0.252. The van der Waals surface area contributed by atoms with Crippen molar-refractivity contribution in [1.82, 2.24) is 0 Å². The number of ether oxygens (including phenoxy) is 1. The van der Waals surface area contributed by atoms with E-state index in [0.717, 1.165) is 10.0 Å². The van der Waals surface area contributed by atoms with Crippen LogP contribution in [0.1, 0.15) is 12.5 Å². The smallest absolute Gasteiger partial charge is 0.302 e. The molecule has 0 aliphatic carbocycles. The summed E-state index contributed by atoms with van der Waals surface area (Å²) >= 11 is 3.32. The molecule has 0 amide bonds. The average Bonchev–Trinajstić information content (AvgIpc) is 2.03. The largest absolute Gasteiger partial charge is 0.461 e. The lowest BCUT2D eigenvalue weighted by Crippen LogP contribution is -1.98. The molecule has 0 atom stereocenters. The van der Waals surface area contributed by atoms with E-state index in [0.29, 0.717) is 6.61 Å². The second-order valence-corrected chi connectivity index (χ2v) is 3.32. The molecule has 0 heterocycles. The first-order chi connectivity index (χ1) is 5.68. The van der Waals surface area contributed by atoms with Crippen molar-refractivity contribution < 1.29 is 9.53 Å². The summed E-state index contributed by atoms with van der Waals surface area (Å²) in [5.41, 5.74) is 0.994. The van der Waals surface area contributed by atoms with Gasteiger partial charge in [0.1, 0.15) is 6.61 Å². The first-order valence-corrected chi connectivity index (χ1v) is 4.35. The second-order valence-electron chi connectivity index (χ2n) is 2.41. The van der Waals surface area contributed by atoms with Crippen LogP contribution in [-0.4, -0.2) is 5.97 Å². The predicted molar refractivity (Wildman–Crippen MR) is 49.6 cm³/mol. The van der Waals surface area contributed by atoms with Crippen molar-refractivity contribution in [2.24, 2.45) is 0 Å². The van der Waals surface area contributed by atoms with Gasteiger partial charge in [0, 0.05) is 11.4 Å².